The first-order chi connectivity index (χ1) is 17.0. The van der Waals surface area contributed by atoms with Gasteiger partial charge in [0.2, 0.25) is 10.3 Å². The summed E-state index contributed by atoms with van der Waals surface area (Å²) in [6, 6.07) is 0.358. The second-order valence-electron chi connectivity index (χ2n) is 8.60. The molecule has 0 atom stereocenters. The predicted octanol–water partition coefficient (Wildman–Crippen LogP) is 1.61. The van der Waals surface area contributed by atoms with E-state index >= 15 is 0 Å². The number of anilines is 1. The van der Waals surface area contributed by atoms with Crippen molar-refractivity contribution in [3.8, 4) is 0 Å². The third kappa shape index (κ3) is 7.07. The number of rotatable bonds is 6. The lowest BCUT2D eigenvalue weighted by atomic mass is 10.1. The van der Waals surface area contributed by atoms with E-state index in [1.807, 2.05) is 0 Å². The number of halogens is 2. The standard InChI is InChI=1S/C22H29F2N5O6S/c1-13(2)34-22(31)29-9-5-15(6-10-29)35-27-14-3-7-28(8-4-14)19-12-17(23)16(11-18(19)24)20(36(32)33)26-21(25)30/h3,11-13,15,27H,4-10H2,1-2H3,(H3,25,26,30). The number of piperidine rings is 1. The van der Waals surface area contributed by atoms with Crippen molar-refractivity contribution in [1.29, 1.82) is 0 Å². The highest BCUT2D eigenvalue weighted by Gasteiger charge is 2.26. The van der Waals surface area contributed by atoms with Crippen molar-refractivity contribution in [1.82, 2.24) is 15.7 Å². The lowest BCUT2D eigenvalue weighted by Gasteiger charge is -2.33. The summed E-state index contributed by atoms with van der Waals surface area (Å²) in [4.78, 5) is 31.1. The lowest BCUT2D eigenvalue weighted by Crippen LogP contribution is -2.43. The van der Waals surface area contributed by atoms with Crippen LogP contribution < -0.4 is 21.4 Å². The Bertz CT molecular complexity index is 1160. The monoisotopic (exact) mass is 529 g/mol. The highest BCUT2D eigenvalue weighted by molar-refractivity contribution is 7.73. The molecule has 2 heterocycles. The molecule has 0 aliphatic carbocycles. The van der Waals surface area contributed by atoms with Gasteiger partial charge in [-0.1, -0.05) is 0 Å². The molecule has 0 unspecified atom stereocenters. The second-order valence-corrected chi connectivity index (χ2v) is 9.48. The van der Waals surface area contributed by atoms with Crippen LogP contribution in [0.1, 0.15) is 38.7 Å². The van der Waals surface area contributed by atoms with Gasteiger partial charge in [0, 0.05) is 44.4 Å². The summed E-state index contributed by atoms with van der Waals surface area (Å²) in [5.41, 5.74) is 7.94. The molecule has 36 heavy (non-hydrogen) atoms. The average Bonchev–Trinajstić information content (AvgIpc) is 2.82. The molecule has 198 valence electrons. The van der Waals surface area contributed by atoms with E-state index < -0.39 is 38.5 Å². The fraction of sp³-hybridized carbons (Fsp3) is 0.500. The molecule has 1 aromatic rings. The Balaban J connectivity index is 1.56. The molecule has 2 aliphatic rings. The van der Waals surface area contributed by atoms with Crippen LogP contribution >= 0.6 is 0 Å². The van der Waals surface area contributed by atoms with Crippen molar-refractivity contribution in [2.75, 3.05) is 31.1 Å². The molecule has 1 fully saturated rings. The molecule has 14 heteroatoms. The Hall–Kier alpha value is -3.39. The van der Waals surface area contributed by atoms with Crippen LogP contribution in [0.25, 0.3) is 0 Å². The Kier molecular flexibility index (Phi) is 9.09. The topological polar surface area (TPSA) is 143 Å². The Morgan fingerprint density at radius 1 is 1.14 bits per heavy atom. The van der Waals surface area contributed by atoms with Crippen LogP contribution in [0.5, 0.6) is 0 Å². The normalized spacial score (nSPS) is 16.4. The highest BCUT2D eigenvalue weighted by atomic mass is 32.2. The van der Waals surface area contributed by atoms with Gasteiger partial charge in [0.05, 0.1) is 23.5 Å². The molecule has 1 aromatic carbocycles. The maximum absolute atomic E-state index is 14.8. The van der Waals surface area contributed by atoms with Crippen molar-refractivity contribution < 1.29 is 36.4 Å². The third-order valence-electron chi connectivity index (χ3n) is 5.63. The average molecular weight is 530 g/mol. The SMILES string of the molecule is CC(C)OC(=O)N1CCC(ONC2=CCN(c3cc(F)c(C(NC(N)=O)=S(=O)=O)cc3F)CC2)CC1. The van der Waals surface area contributed by atoms with Gasteiger partial charge < -0.3 is 20.3 Å². The zero-order chi connectivity index (χ0) is 26.4. The maximum Gasteiger partial charge on any atom is 0.410 e. The van der Waals surface area contributed by atoms with Crippen molar-refractivity contribution in [3.63, 3.8) is 0 Å². The molecule has 11 nitrogen and oxygen atoms in total. The van der Waals surface area contributed by atoms with Crippen molar-refractivity contribution in [3.05, 3.63) is 41.1 Å². The number of urea groups is 1. The summed E-state index contributed by atoms with van der Waals surface area (Å²) in [6.07, 6.45) is 2.95. The number of nitrogens with zero attached hydrogens (tertiary/aromatic N) is 2. The molecule has 3 amide bonds. The molecule has 0 radical (unpaired) electrons. The van der Waals surface area contributed by atoms with Crippen LogP contribution in [-0.2, 0) is 19.9 Å². The Labute approximate surface area is 208 Å². The maximum atomic E-state index is 14.8. The van der Waals surface area contributed by atoms with E-state index in [-0.39, 0.29) is 30.5 Å². The van der Waals surface area contributed by atoms with Crippen LogP contribution in [0.3, 0.4) is 0 Å². The zero-order valence-corrected chi connectivity index (χ0v) is 20.7. The molecule has 2 aliphatic heterocycles. The smallest absolute Gasteiger partial charge is 0.410 e. The highest BCUT2D eigenvalue weighted by Crippen LogP contribution is 2.26. The van der Waals surface area contributed by atoms with E-state index in [1.165, 1.54) is 0 Å². The molecule has 0 saturated carbocycles. The van der Waals surface area contributed by atoms with Gasteiger partial charge in [-0.15, -0.1) is 0 Å². The number of hydroxylamine groups is 1. The largest absolute Gasteiger partial charge is 0.447 e. The van der Waals surface area contributed by atoms with Crippen LogP contribution in [0, 0.1) is 11.6 Å². The van der Waals surface area contributed by atoms with Crippen molar-refractivity contribution in [2.24, 2.45) is 5.73 Å². The minimum absolute atomic E-state index is 0.0526. The summed E-state index contributed by atoms with van der Waals surface area (Å²) < 4.78 is 57.2. The first-order valence-corrected chi connectivity index (χ1v) is 12.5. The molecule has 4 N–H and O–H groups in total. The van der Waals surface area contributed by atoms with E-state index in [0.717, 1.165) is 11.8 Å². The summed E-state index contributed by atoms with van der Waals surface area (Å²) >= 11 is 0. The summed E-state index contributed by atoms with van der Waals surface area (Å²) in [6.45, 7) is 5.26. The number of carbonyl (C=O) groups excluding carboxylic acids is 2. The fourth-order valence-corrected chi connectivity index (χ4v) is 4.36. The molecule has 0 aromatic heterocycles. The number of hydrogen-bond acceptors (Lipinski definition) is 8. The minimum Gasteiger partial charge on any atom is -0.447 e. The number of benzene rings is 1. The van der Waals surface area contributed by atoms with Gasteiger partial charge in [0.15, 0.2) is 4.99 Å². The third-order valence-corrected chi connectivity index (χ3v) is 6.28. The van der Waals surface area contributed by atoms with Gasteiger partial charge in [-0.05, 0) is 38.8 Å². The predicted molar refractivity (Wildman–Crippen MR) is 127 cm³/mol. The first kappa shape index (κ1) is 27.2. The number of likely N-dealkylation sites (tertiary alicyclic amines) is 1. The number of primary amides is 1. The molecule has 0 bridgehead atoms. The number of nitrogens with two attached hydrogens (primary N) is 1. The van der Waals surface area contributed by atoms with Gasteiger partial charge >= 0.3 is 12.1 Å². The zero-order valence-electron chi connectivity index (χ0n) is 19.9. The van der Waals surface area contributed by atoms with Gasteiger partial charge in [-0.2, -0.15) is 8.42 Å². The molecular formula is C22H29F2N5O6S. The van der Waals surface area contributed by atoms with Gasteiger partial charge in [-0.3, -0.25) is 15.6 Å². The lowest BCUT2D eigenvalue weighted by molar-refractivity contribution is -0.0415. The van der Waals surface area contributed by atoms with Crippen LogP contribution in [0.4, 0.5) is 24.1 Å². The summed E-state index contributed by atoms with van der Waals surface area (Å²) in [5, 5.41) is 1.79. The summed E-state index contributed by atoms with van der Waals surface area (Å²) in [7, 11) is -3.04. The van der Waals surface area contributed by atoms with E-state index in [1.54, 1.807) is 35.0 Å². The first-order valence-electron chi connectivity index (χ1n) is 11.4. The fourth-order valence-electron chi connectivity index (χ4n) is 3.84. The van der Waals surface area contributed by atoms with Gasteiger partial charge in [0.25, 0.3) is 0 Å². The molecule has 0 spiro atoms. The quantitative estimate of drug-likeness (QED) is 0.373. The van der Waals surface area contributed by atoms with Gasteiger partial charge in [0.1, 0.15) is 11.6 Å². The van der Waals surface area contributed by atoms with E-state index in [0.29, 0.717) is 45.0 Å². The van der Waals surface area contributed by atoms with E-state index in [2.05, 4.69) is 5.48 Å². The minimum atomic E-state index is -3.04. The van der Waals surface area contributed by atoms with E-state index in [9.17, 15) is 26.8 Å². The van der Waals surface area contributed by atoms with Crippen molar-refractivity contribution in [2.45, 2.75) is 45.3 Å². The number of ether oxygens (including phenoxy) is 1. The van der Waals surface area contributed by atoms with Crippen LogP contribution in [0.15, 0.2) is 23.9 Å². The second kappa shape index (κ2) is 12.0. The Morgan fingerprint density at radius 2 is 1.83 bits per heavy atom. The number of amides is 3. The van der Waals surface area contributed by atoms with Gasteiger partial charge in [-0.25, -0.2) is 18.4 Å². The van der Waals surface area contributed by atoms with Crippen LogP contribution in [0.2, 0.25) is 0 Å². The molecule has 1 saturated heterocycles. The Morgan fingerprint density at radius 3 is 2.39 bits per heavy atom. The number of nitrogens with one attached hydrogen (secondary N) is 2. The van der Waals surface area contributed by atoms with Crippen molar-refractivity contribution >= 4 is 33.1 Å². The molecular weight excluding hydrogens is 500 g/mol. The number of hydrogen-bond donors (Lipinski definition) is 3. The summed E-state index contributed by atoms with van der Waals surface area (Å²) in [5.74, 6) is -1.89. The van der Waals surface area contributed by atoms with Crippen LogP contribution in [-0.4, -0.2) is 68.8 Å². The number of carbonyl (C=O) groups is 2. The van der Waals surface area contributed by atoms with E-state index in [4.69, 9.17) is 15.3 Å². The molecule has 3 rings (SSSR count).